The van der Waals surface area contributed by atoms with Crippen molar-refractivity contribution < 1.29 is 9.59 Å². The minimum atomic E-state index is -0.0634. The van der Waals surface area contributed by atoms with E-state index >= 15 is 0 Å². The summed E-state index contributed by atoms with van der Waals surface area (Å²) in [6.07, 6.45) is 12.2. The van der Waals surface area contributed by atoms with Crippen molar-refractivity contribution in [2.45, 2.75) is 71.1 Å². The molecule has 3 fully saturated rings. The van der Waals surface area contributed by atoms with E-state index in [4.69, 9.17) is 5.73 Å². The van der Waals surface area contributed by atoms with Crippen LogP contribution >= 0.6 is 0 Å². The number of Topliss-reactive ketones (excluding diaryl/α,β-unsaturated/α-hetero) is 2. The number of ketones is 2. The second-order valence-corrected chi connectivity index (χ2v) is 9.02. The summed E-state index contributed by atoms with van der Waals surface area (Å²) in [7, 11) is 0. The zero-order chi connectivity index (χ0) is 16.9. The molecule has 0 saturated heterocycles. The normalized spacial score (nSPS) is 44.6. The Hall–Kier alpha value is -0.960. The van der Waals surface area contributed by atoms with E-state index in [2.05, 4.69) is 13.0 Å². The van der Waals surface area contributed by atoms with Crippen molar-refractivity contribution in [2.75, 3.05) is 6.54 Å². The molecule has 0 spiro atoms. The van der Waals surface area contributed by atoms with Gasteiger partial charge in [-0.25, -0.2) is 0 Å². The molecule has 3 heteroatoms. The van der Waals surface area contributed by atoms with E-state index in [1.807, 2.05) is 0 Å². The second kappa shape index (κ2) is 5.79. The van der Waals surface area contributed by atoms with Crippen molar-refractivity contribution in [3.63, 3.8) is 0 Å². The van der Waals surface area contributed by atoms with Crippen molar-refractivity contribution >= 4 is 11.6 Å². The predicted molar refractivity (Wildman–Crippen MR) is 94.3 cm³/mol. The lowest BCUT2D eigenvalue weighted by atomic mass is 9.46. The molecule has 3 saturated carbocycles. The number of hydrogen-bond acceptors (Lipinski definition) is 3. The molecule has 4 aliphatic rings. The molecule has 0 unspecified atom stereocenters. The molecule has 0 aromatic rings. The number of carbonyl (C=O) groups excluding carboxylic acids is 2. The van der Waals surface area contributed by atoms with Gasteiger partial charge in [-0.1, -0.05) is 18.6 Å². The Morgan fingerprint density at radius 2 is 2.00 bits per heavy atom. The maximum absolute atomic E-state index is 12.5. The Labute approximate surface area is 145 Å². The van der Waals surface area contributed by atoms with Crippen molar-refractivity contribution in [3.8, 4) is 0 Å². The zero-order valence-electron chi connectivity index (χ0n) is 15.0. The molecule has 0 aliphatic heterocycles. The Kier molecular flexibility index (Phi) is 3.98. The summed E-state index contributed by atoms with van der Waals surface area (Å²) in [6, 6.07) is 0. The highest BCUT2D eigenvalue weighted by molar-refractivity contribution is 5.87. The first-order chi connectivity index (χ1) is 11.5. The van der Waals surface area contributed by atoms with Gasteiger partial charge >= 0.3 is 0 Å². The third-order valence-corrected chi connectivity index (χ3v) is 8.20. The Bertz CT molecular complexity index is 595. The number of hydrogen-bond donors (Lipinski definition) is 1. The van der Waals surface area contributed by atoms with E-state index in [1.54, 1.807) is 0 Å². The average Bonchev–Trinajstić information content (AvgIpc) is 2.88. The molecule has 0 amide bonds. The van der Waals surface area contributed by atoms with Crippen LogP contribution in [0.2, 0.25) is 0 Å². The first-order valence-electron chi connectivity index (χ1n) is 9.96. The minimum Gasteiger partial charge on any atom is -0.330 e. The molecule has 0 aromatic carbocycles. The van der Waals surface area contributed by atoms with Gasteiger partial charge in [-0.05, 0) is 74.7 Å². The van der Waals surface area contributed by atoms with Gasteiger partial charge < -0.3 is 5.73 Å². The highest BCUT2D eigenvalue weighted by atomic mass is 16.1. The number of fused-ring (bicyclic) bond motifs is 5. The first-order valence-corrected chi connectivity index (χ1v) is 9.96. The number of rotatable bonds is 3. The van der Waals surface area contributed by atoms with Gasteiger partial charge in [-0.2, -0.15) is 0 Å². The van der Waals surface area contributed by atoms with Crippen LogP contribution in [0, 0.1) is 28.6 Å². The van der Waals surface area contributed by atoms with Gasteiger partial charge in [0.2, 0.25) is 0 Å². The highest BCUT2D eigenvalue weighted by Crippen LogP contribution is 2.65. The Balaban J connectivity index is 1.71. The molecule has 5 atom stereocenters. The number of allylic oxidation sites excluding steroid dienone is 2. The zero-order valence-corrected chi connectivity index (χ0v) is 15.0. The van der Waals surface area contributed by atoms with Crippen LogP contribution in [-0.4, -0.2) is 18.1 Å². The van der Waals surface area contributed by atoms with Crippen molar-refractivity contribution in [2.24, 2.45) is 34.3 Å². The van der Waals surface area contributed by atoms with Crippen molar-refractivity contribution in [3.05, 3.63) is 11.6 Å². The largest absolute Gasteiger partial charge is 0.330 e. The maximum Gasteiger partial charge on any atom is 0.139 e. The summed E-state index contributed by atoms with van der Waals surface area (Å²) in [6.45, 7) is 2.97. The fourth-order valence-electron chi connectivity index (χ4n) is 6.94. The van der Waals surface area contributed by atoms with E-state index < -0.39 is 0 Å². The maximum atomic E-state index is 12.5. The summed E-state index contributed by atoms with van der Waals surface area (Å²) in [5, 5.41) is 0. The van der Waals surface area contributed by atoms with Crippen LogP contribution in [0.25, 0.3) is 0 Å². The topological polar surface area (TPSA) is 60.2 Å². The third-order valence-electron chi connectivity index (χ3n) is 8.20. The standard InChI is InChI=1S/C21H31NO2/c1-20-10-8-18-16(17(20)5-6-19(20)24)4-3-14-13-15(23)7-11-21(14,18)9-2-12-22/h3,16-18H,2,4-13,22H2,1H3/t16-,17-,18-,20-,21-/m0/s1. The lowest BCUT2D eigenvalue weighted by Gasteiger charge is -2.57. The van der Waals surface area contributed by atoms with Crippen LogP contribution < -0.4 is 5.73 Å². The van der Waals surface area contributed by atoms with E-state index in [-0.39, 0.29) is 10.8 Å². The molecule has 3 nitrogen and oxygen atoms in total. The van der Waals surface area contributed by atoms with Crippen LogP contribution in [0.15, 0.2) is 11.6 Å². The van der Waals surface area contributed by atoms with Crippen molar-refractivity contribution in [1.82, 2.24) is 0 Å². The first kappa shape index (κ1) is 16.5. The summed E-state index contributed by atoms with van der Waals surface area (Å²) in [5.41, 5.74) is 7.43. The lowest BCUT2D eigenvalue weighted by Crippen LogP contribution is -2.51. The smallest absolute Gasteiger partial charge is 0.139 e. The molecule has 24 heavy (non-hydrogen) atoms. The van der Waals surface area contributed by atoms with Gasteiger partial charge in [0.1, 0.15) is 11.6 Å². The van der Waals surface area contributed by atoms with Crippen LogP contribution in [-0.2, 0) is 9.59 Å². The minimum absolute atomic E-state index is 0.0634. The average molecular weight is 329 g/mol. The van der Waals surface area contributed by atoms with Crippen LogP contribution in [0.5, 0.6) is 0 Å². The van der Waals surface area contributed by atoms with Gasteiger partial charge in [0, 0.05) is 24.7 Å². The Morgan fingerprint density at radius 1 is 1.17 bits per heavy atom. The summed E-state index contributed by atoms with van der Waals surface area (Å²) < 4.78 is 0. The summed E-state index contributed by atoms with van der Waals surface area (Å²) in [4.78, 5) is 24.6. The molecule has 2 N–H and O–H groups in total. The second-order valence-electron chi connectivity index (χ2n) is 9.02. The van der Waals surface area contributed by atoms with Crippen molar-refractivity contribution in [1.29, 1.82) is 0 Å². The summed E-state index contributed by atoms with van der Waals surface area (Å²) >= 11 is 0. The molecule has 0 heterocycles. The molecule has 0 bridgehead atoms. The molecule has 132 valence electrons. The fourth-order valence-corrected chi connectivity index (χ4v) is 6.94. The number of carbonyl (C=O) groups is 2. The lowest BCUT2D eigenvalue weighted by molar-refractivity contribution is -0.132. The molecular formula is C21H31NO2. The Morgan fingerprint density at radius 3 is 2.79 bits per heavy atom. The summed E-state index contributed by atoms with van der Waals surface area (Å²) in [5.74, 6) is 2.80. The van der Waals surface area contributed by atoms with Gasteiger partial charge in [0.15, 0.2) is 0 Å². The number of nitrogens with two attached hydrogens (primary N) is 1. The van der Waals surface area contributed by atoms with E-state index in [0.717, 1.165) is 57.9 Å². The molecular weight excluding hydrogens is 298 g/mol. The van der Waals surface area contributed by atoms with Gasteiger partial charge in [-0.3, -0.25) is 9.59 Å². The highest BCUT2D eigenvalue weighted by Gasteiger charge is 2.59. The van der Waals surface area contributed by atoms with E-state index in [0.29, 0.717) is 35.7 Å². The third kappa shape index (κ3) is 2.20. The van der Waals surface area contributed by atoms with E-state index in [1.165, 1.54) is 12.0 Å². The van der Waals surface area contributed by atoms with Crippen LogP contribution in [0.4, 0.5) is 0 Å². The molecule has 4 aliphatic carbocycles. The van der Waals surface area contributed by atoms with E-state index in [9.17, 15) is 9.59 Å². The molecule has 0 aromatic heterocycles. The van der Waals surface area contributed by atoms with Gasteiger partial charge in [0.25, 0.3) is 0 Å². The fraction of sp³-hybridized carbons (Fsp3) is 0.810. The predicted octanol–water partition coefficient (Wildman–Crippen LogP) is 3.81. The van der Waals surface area contributed by atoms with Gasteiger partial charge in [-0.15, -0.1) is 0 Å². The molecule has 0 radical (unpaired) electrons. The van der Waals surface area contributed by atoms with Crippen LogP contribution in [0.3, 0.4) is 0 Å². The van der Waals surface area contributed by atoms with Crippen LogP contribution in [0.1, 0.15) is 71.1 Å². The quantitative estimate of drug-likeness (QED) is 0.801. The molecule has 4 rings (SSSR count). The monoisotopic (exact) mass is 329 g/mol. The van der Waals surface area contributed by atoms with Gasteiger partial charge in [0.05, 0.1) is 0 Å². The SMILES string of the molecule is C[C@]12CC[C@H]3[C@@H](CC=C4CC(=O)CC[C@@]43CCCN)[C@@H]1CCC2=O.